The van der Waals surface area contributed by atoms with Crippen LogP contribution in [0.2, 0.25) is 0 Å². The van der Waals surface area contributed by atoms with Crippen molar-refractivity contribution in [3.05, 3.63) is 23.3 Å². The van der Waals surface area contributed by atoms with Gasteiger partial charge in [-0.15, -0.1) is 11.5 Å². The molecule has 0 atom stereocenters. The van der Waals surface area contributed by atoms with E-state index >= 15 is 0 Å². The average Bonchev–Trinajstić information content (AvgIpc) is 2.08. The Hall–Kier alpha value is -0.167. The average molecular weight is 310 g/mol. The summed E-state index contributed by atoms with van der Waals surface area (Å²) < 4.78 is 0. The minimum Gasteiger partial charge on any atom is -0.873 e. The smallest absolute Gasteiger partial charge is 0 e. The zero-order chi connectivity index (χ0) is 10.9. The van der Waals surface area contributed by atoms with Crippen molar-refractivity contribution < 1.29 is 43.8 Å². The first kappa shape index (κ1) is 18.2. The summed E-state index contributed by atoms with van der Waals surface area (Å²) in [6, 6.07) is 2.98. The van der Waals surface area contributed by atoms with Crippen molar-refractivity contribution in [1.29, 1.82) is 0 Å². The van der Waals surface area contributed by atoms with E-state index in [1.54, 1.807) is 0 Å². The fourth-order valence-corrected chi connectivity index (χ4v) is 1.59. The van der Waals surface area contributed by atoms with Crippen molar-refractivity contribution in [3.63, 3.8) is 0 Å². The topological polar surface area (TPSA) is 46.1 Å². The van der Waals surface area contributed by atoms with Gasteiger partial charge in [-0.1, -0.05) is 39.8 Å². The van der Waals surface area contributed by atoms with Crippen molar-refractivity contribution >= 4 is 0 Å². The Kier molecular flexibility index (Phi) is 8.21. The summed E-state index contributed by atoms with van der Waals surface area (Å²) >= 11 is 0. The van der Waals surface area contributed by atoms with Crippen LogP contribution in [-0.4, -0.2) is 0 Å². The number of hydrogen-bond acceptors (Lipinski definition) is 2. The van der Waals surface area contributed by atoms with E-state index in [9.17, 15) is 10.2 Å². The zero-order valence-corrected chi connectivity index (χ0v) is 11.9. The van der Waals surface area contributed by atoms with Crippen LogP contribution in [-0.2, 0) is 33.6 Å². The van der Waals surface area contributed by atoms with E-state index in [1.165, 1.54) is 12.1 Å². The van der Waals surface area contributed by atoms with Crippen molar-refractivity contribution in [2.45, 2.75) is 39.5 Å². The molecule has 0 heterocycles. The molecule has 0 aromatic heterocycles. The normalized spacial score (nSPS) is 9.88. The molecule has 1 aromatic carbocycles. The standard InChI is InChI=1S/C12H18O2.2Co/c1-7(2)9-5-11(13)12(14)6-10(9)8(3)4;;/h5-8,13-14H,1-4H3;;/p-2. The third-order valence-corrected chi connectivity index (χ3v) is 2.39. The molecule has 0 bridgehead atoms. The first-order valence-electron chi connectivity index (χ1n) is 4.95. The van der Waals surface area contributed by atoms with Gasteiger partial charge in [0.2, 0.25) is 0 Å². The Morgan fingerprint density at radius 2 is 1.00 bits per heavy atom. The number of benzene rings is 1. The molecule has 16 heavy (non-hydrogen) atoms. The Bertz CT molecular complexity index is 303. The maximum absolute atomic E-state index is 11.2. The maximum atomic E-state index is 11.2. The van der Waals surface area contributed by atoms with E-state index in [2.05, 4.69) is 0 Å². The molecule has 0 unspecified atom stereocenters. The molecule has 0 spiro atoms. The van der Waals surface area contributed by atoms with E-state index in [1.807, 2.05) is 27.7 Å². The van der Waals surface area contributed by atoms with Crippen molar-refractivity contribution in [2.75, 3.05) is 0 Å². The second kappa shape index (κ2) is 7.22. The molecule has 0 saturated carbocycles. The van der Waals surface area contributed by atoms with Gasteiger partial charge in [-0.3, -0.25) is 0 Å². The predicted molar refractivity (Wildman–Crippen MR) is 53.5 cm³/mol. The van der Waals surface area contributed by atoms with Gasteiger partial charge in [0.1, 0.15) is 0 Å². The molecule has 0 aliphatic carbocycles. The molecule has 4 heteroatoms. The molecule has 0 N–H and O–H groups in total. The van der Waals surface area contributed by atoms with E-state index < -0.39 is 11.5 Å². The Labute approximate surface area is 118 Å². The Morgan fingerprint density at radius 3 is 1.19 bits per heavy atom. The monoisotopic (exact) mass is 310 g/mol. The van der Waals surface area contributed by atoms with Gasteiger partial charge in [-0.05, 0) is 23.0 Å². The third-order valence-electron chi connectivity index (χ3n) is 2.39. The minimum atomic E-state index is -0.391. The van der Waals surface area contributed by atoms with Crippen LogP contribution >= 0.6 is 0 Å². The van der Waals surface area contributed by atoms with Crippen LogP contribution in [0, 0.1) is 0 Å². The van der Waals surface area contributed by atoms with Crippen molar-refractivity contribution in [1.82, 2.24) is 0 Å². The van der Waals surface area contributed by atoms with E-state index in [0.29, 0.717) is 11.8 Å². The quantitative estimate of drug-likeness (QED) is 0.839. The van der Waals surface area contributed by atoms with Gasteiger partial charge in [0.15, 0.2) is 0 Å². The van der Waals surface area contributed by atoms with Gasteiger partial charge in [0.25, 0.3) is 0 Å². The summed E-state index contributed by atoms with van der Waals surface area (Å²) in [6.07, 6.45) is 0. The molecule has 2 nitrogen and oxygen atoms in total. The molecule has 1 aromatic rings. The van der Waals surface area contributed by atoms with Crippen molar-refractivity contribution in [3.8, 4) is 11.5 Å². The molecule has 0 amide bonds. The molecule has 0 saturated heterocycles. The Morgan fingerprint density at radius 1 is 0.750 bits per heavy atom. The van der Waals surface area contributed by atoms with Crippen LogP contribution in [0.3, 0.4) is 0 Å². The van der Waals surface area contributed by atoms with Gasteiger partial charge >= 0.3 is 0 Å². The second-order valence-electron chi connectivity index (χ2n) is 4.24. The summed E-state index contributed by atoms with van der Waals surface area (Å²) in [7, 11) is 0. The van der Waals surface area contributed by atoms with E-state index in [-0.39, 0.29) is 33.6 Å². The molecule has 96 valence electrons. The largest absolute Gasteiger partial charge is 0.873 e. The van der Waals surface area contributed by atoms with Crippen LogP contribution in [0.25, 0.3) is 0 Å². The fourth-order valence-electron chi connectivity index (χ4n) is 1.59. The fraction of sp³-hybridized carbons (Fsp3) is 0.500. The first-order valence-corrected chi connectivity index (χ1v) is 4.95. The second-order valence-corrected chi connectivity index (χ2v) is 4.24. The predicted octanol–water partition coefficient (Wildman–Crippen LogP) is 2.08. The number of rotatable bonds is 2. The summed E-state index contributed by atoms with van der Waals surface area (Å²) in [5.74, 6) is -0.197. The molecular weight excluding hydrogens is 294 g/mol. The van der Waals surface area contributed by atoms with Gasteiger partial charge in [-0.2, -0.15) is 0 Å². The zero-order valence-electron chi connectivity index (χ0n) is 9.79. The summed E-state index contributed by atoms with van der Waals surface area (Å²) in [4.78, 5) is 0. The summed E-state index contributed by atoms with van der Waals surface area (Å²) in [5, 5.41) is 22.4. The van der Waals surface area contributed by atoms with Crippen LogP contribution in [0.5, 0.6) is 11.5 Å². The molecular formula is C12H16Co2O2-2. The molecule has 0 fully saturated rings. The molecule has 0 aliphatic heterocycles. The van der Waals surface area contributed by atoms with E-state index in [0.717, 1.165) is 11.1 Å². The third kappa shape index (κ3) is 4.01. The first-order chi connectivity index (χ1) is 6.43. The van der Waals surface area contributed by atoms with E-state index in [4.69, 9.17) is 0 Å². The molecule has 2 radical (unpaired) electrons. The van der Waals surface area contributed by atoms with Gasteiger partial charge in [0, 0.05) is 33.6 Å². The van der Waals surface area contributed by atoms with Gasteiger partial charge in [0.05, 0.1) is 0 Å². The number of hydrogen-bond donors (Lipinski definition) is 0. The van der Waals surface area contributed by atoms with Crippen LogP contribution in [0.15, 0.2) is 12.1 Å². The summed E-state index contributed by atoms with van der Waals surface area (Å²) in [6.45, 7) is 8.13. The van der Waals surface area contributed by atoms with Crippen LogP contribution in [0.4, 0.5) is 0 Å². The van der Waals surface area contributed by atoms with Gasteiger partial charge in [-0.25, -0.2) is 0 Å². The minimum absolute atomic E-state index is 0. The van der Waals surface area contributed by atoms with Crippen molar-refractivity contribution in [2.24, 2.45) is 0 Å². The summed E-state index contributed by atoms with van der Waals surface area (Å²) in [5.41, 5.74) is 2.01. The maximum Gasteiger partial charge on any atom is 0 e. The Balaban J connectivity index is 0. The van der Waals surface area contributed by atoms with Crippen LogP contribution < -0.4 is 10.2 Å². The molecule has 0 aliphatic rings. The SMILES string of the molecule is CC(C)c1cc([O-])c([O-])cc1C(C)C.[Co].[Co]. The van der Waals surface area contributed by atoms with Crippen LogP contribution in [0.1, 0.15) is 50.7 Å². The molecule has 1 rings (SSSR count). The van der Waals surface area contributed by atoms with Gasteiger partial charge < -0.3 is 10.2 Å².